The summed E-state index contributed by atoms with van der Waals surface area (Å²) in [7, 11) is 0. The fourth-order valence-electron chi connectivity index (χ4n) is 2.30. The minimum Gasteiger partial charge on any atom is -0.436 e. The van der Waals surface area contributed by atoms with E-state index in [2.05, 4.69) is 15.3 Å². The molecule has 0 fully saturated rings. The third-order valence-electron chi connectivity index (χ3n) is 3.49. The maximum absolute atomic E-state index is 12.5. The zero-order valence-electron chi connectivity index (χ0n) is 14.4. The summed E-state index contributed by atoms with van der Waals surface area (Å²) in [6.07, 6.45) is 1.47. The van der Waals surface area contributed by atoms with E-state index in [-0.39, 0.29) is 23.4 Å². The number of aromatic nitrogens is 2. The molecule has 0 saturated carbocycles. The predicted molar refractivity (Wildman–Crippen MR) is 102 cm³/mol. The van der Waals surface area contributed by atoms with Gasteiger partial charge < -0.3 is 10.1 Å². The molecular weight excluding hydrogens is 350 g/mol. The number of para-hydroxylation sites is 1. The molecule has 5 nitrogen and oxygen atoms in total. The summed E-state index contributed by atoms with van der Waals surface area (Å²) in [5, 5.41) is 3.26. The first-order chi connectivity index (χ1) is 12.5. The van der Waals surface area contributed by atoms with Crippen LogP contribution in [0.25, 0.3) is 11.4 Å². The van der Waals surface area contributed by atoms with E-state index < -0.39 is 0 Å². The Labute approximate surface area is 157 Å². The van der Waals surface area contributed by atoms with Crippen molar-refractivity contribution in [1.29, 1.82) is 0 Å². The highest BCUT2D eigenvalue weighted by atomic mass is 35.5. The first-order valence-corrected chi connectivity index (χ1v) is 8.58. The molecule has 0 saturated heterocycles. The van der Waals surface area contributed by atoms with Crippen LogP contribution in [0.3, 0.4) is 0 Å². The van der Waals surface area contributed by atoms with Gasteiger partial charge in [0.15, 0.2) is 5.82 Å². The summed E-state index contributed by atoms with van der Waals surface area (Å²) < 4.78 is 5.86. The van der Waals surface area contributed by atoms with Crippen LogP contribution in [-0.2, 0) is 0 Å². The van der Waals surface area contributed by atoms with Gasteiger partial charge in [-0.2, -0.15) is 4.98 Å². The lowest BCUT2D eigenvalue weighted by atomic mass is 10.2. The molecule has 3 rings (SSSR count). The third kappa shape index (κ3) is 4.18. The number of carbonyl (C=O) groups is 1. The maximum Gasteiger partial charge on any atom is 0.258 e. The Hall–Kier alpha value is -2.92. The Morgan fingerprint density at radius 2 is 1.77 bits per heavy atom. The molecule has 2 aromatic carbocycles. The number of benzene rings is 2. The van der Waals surface area contributed by atoms with Gasteiger partial charge in [-0.15, -0.1) is 0 Å². The SMILES string of the molecule is CC(C)NC(=O)c1cnc(-c2ccccc2)nc1Oc1ccccc1Cl. The number of ether oxygens (including phenoxy) is 1. The summed E-state index contributed by atoms with van der Waals surface area (Å²) in [4.78, 5) is 21.3. The molecular formula is C20H18ClN3O2. The molecule has 26 heavy (non-hydrogen) atoms. The van der Waals surface area contributed by atoms with Gasteiger partial charge in [0.05, 0.1) is 5.02 Å². The van der Waals surface area contributed by atoms with Crippen LogP contribution in [0, 0.1) is 0 Å². The normalized spacial score (nSPS) is 10.6. The van der Waals surface area contributed by atoms with Gasteiger partial charge in [0.1, 0.15) is 11.3 Å². The van der Waals surface area contributed by atoms with Gasteiger partial charge in [-0.25, -0.2) is 4.98 Å². The summed E-state index contributed by atoms with van der Waals surface area (Å²) in [6.45, 7) is 3.76. The number of halogens is 1. The number of nitrogens with zero attached hydrogens (tertiary/aromatic N) is 2. The topological polar surface area (TPSA) is 64.1 Å². The molecule has 3 aromatic rings. The Morgan fingerprint density at radius 1 is 1.08 bits per heavy atom. The average Bonchev–Trinajstić information content (AvgIpc) is 2.63. The van der Waals surface area contributed by atoms with E-state index >= 15 is 0 Å². The van der Waals surface area contributed by atoms with Gasteiger partial charge in [0.25, 0.3) is 5.91 Å². The molecule has 6 heteroatoms. The Morgan fingerprint density at radius 3 is 2.46 bits per heavy atom. The molecule has 1 amide bonds. The van der Waals surface area contributed by atoms with E-state index in [1.54, 1.807) is 24.3 Å². The molecule has 0 radical (unpaired) electrons. The molecule has 0 unspecified atom stereocenters. The van der Waals surface area contributed by atoms with Gasteiger partial charge in [-0.1, -0.05) is 54.1 Å². The highest BCUT2D eigenvalue weighted by Gasteiger charge is 2.19. The number of amides is 1. The van der Waals surface area contributed by atoms with Gasteiger partial charge in [0, 0.05) is 17.8 Å². The largest absolute Gasteiger partial charge is 0.436 e. The third-order valence-corrected chi connectivity index (χ3v) is 3.81. The van der Waals surface area contributed by atoms with Crippen molar-refractivity contribution in [3.8, 4) is 23.0 Å². The quantitative estimate of drug-likeness (QED) is 0.708. The second-order valence-electron chi connectivity index (χ2n) is 5.94. The number of hydrogen-bond acceptors (Lipinski definition) is 4. The Bertz CT molecular complexity index is 914. The van der Waals surface area contributed by atoms with Crippen molar-refractivity contribution in [2.24, 2.45) is 0 Å². The van der Waals surface area contributed by atoms with Crippen LogP contribution < -0.4 is 10.1 Å². The number of rotatable bonds is 5. The van der Waals surface area contributed by atoms with Crippen LogP contribution in [-0.4, -0.2) is 21.9 Å². The molecule has 1 heterocycles. The molecule has 0 aliphatic rings. The highest BCUT2D eigenvalue weighted by molar-refractivity contribution is 6.32. The standard InChI is InChI=1S/C20H18ClN3O2/c1-13(2)23-19(25)15-12-22-18(14-8-4-3-5-9-14)24-20(15)26-17-11-7-6-10-16(17)21/h3-13H,1-2H3,(H,23,25). The maximum atomic E-state index is 12.5. The van der Waals surface area contributed by atoms with Crippen molar-refractivity contribution >= 4 is 17.5 Å². The van der Waals surface area contributed by atoms with Gasteiger partial charge in [0.2, 0.25) is 5.88 Å². The van der Waals surface area contributed by atoms with Crippen LogP contribution in [0.15, 0.2) is 60.8 Å². The summed E-state index contributed by atoms with van der Waals surface area (Å²) in [6, 6.07) is 16.5. The monoisotopic (exact) mass is 367 g/mol. The van der Waals surface area contributed by atoms with Gasteiger partial charge >= 0.3 is 0 Å². The second kappa shape index (κ2) is 7.97. The van der Waals surface area contributed by atoms with Crippen molar-refractivity contribution < 1.29 is 9.53 Å². The molecule has 0 bridgehead atoms. The van der Waals surface area contributed by atoms with E-state index in [1.165, 1.54) is 6.20 Å². The van der Waals surface area contributed by atoms with E-state index in [9.17, 15) is 4.79 Å². The minimum atomic E-state index is -0.304. The van der Waals surface area contributed by atoms with Crippen molar-refractivity contribution in [2.75, 3.05) is 0 Å². The summed E-state index contributed by atoms with van der Waals surface area (Å²) in [5.41, 5.74) is 1.07. The highest BCUT2D eigenvalue weighted by Crippen LogP contribution is 2.30. The number of nitrogens with one attached hydrogen (secondary N) is 1. The van der Waals surface area contributed by atoms with E-state index in [1.807, 2.05) is 44.2 Å². The van der Waals surface area contributed by atoms with Crippen LogP contribution in [0.4, 0.5) is 0 Å². The Balaban J connectivity index is 2.04. The molecule has 0 aliphatic heterocycles. The lowest BCUT2D eigenvalue weighted by Gasteiger charge is -2.13. The summed E-state index contributed by atoms with van der Waals surface area (Å²) in [5.74, 6) is 0.742. The fourth-order valence-corrected chi connectivity index (χ4v) is 2.47. The van der Waals surface area contributed by atoms with Crippen LogP contribution in [0.1, 0.15) is 24.2 Å². The van der Waals surface area contributed by atoms with E-state index in [0.717, 1.165) is 5.56 Å². The number of hydrogen-bond donors (Lipinski definition) is 1. The fraction of sp³-hybridized carbons (Fsp3) is 0.150. The lowest BCUT2D eigenvalue weighted by molar-refractivity contribution is 0.0939. The molecule has 0 atom stereocenters. The molecule has 0 aliphatic carbocycles. The van der Waals surface area contributed by atoms with Crippen molar-refractivity contribution in [3.63, 3.8) is 0 Å². The van der Waals surface area contributed by atoms with E-state index in [4.69, 9.17) is 16.3 Å². The lowest BCUT2D eigenvalue weighted by Crippen LogP contribution is -2.30. The van der Waals surface area contributed by atoms with Crippen LogP contribution >= 0.6 is 11.6 Å². The van der Waals surface area contributed by atoms with Crippen LogP contribution in [0.5, 0.6) is 11.6 Å². The molecule has 1 aromatic heterocycles. The zero-order chi connectivity index (χ0) is 18.5. The van der Waals surface area contributed by atoms with Gasteiger partial charge in [-0.05, 0) is 26.0 Å². The zero-order valence-corrected chi connectivity index (χ0v) is 15.2. The van der Waals surface area contributed by atoms with Crippen molar-refractivity contribution in [3.05, 3.63) is 71.4 Å². The second-order valence-corrected chi connectivity index (χ2v) is 6.35. The predicted octanol–water partition coefficient (Wildman–Crippen LogP) is 4.73. The first kappa shape index (κ1) is 17.9. The van der Waals surface area contributed by atoms with Gasteiger partial charge in [-0.3, -0.25) is 4.79 Å². The smallest absolute Gasteiger partial charge is 0.258 e. The number of carbonyl (C=O) groups excluding carboxylic acids is 1. The molecule has 1 N–H and O–H groups in total. The average molecular weight is 368 g/mol. The molecule has 0 spiro atoms. The molecule has 132 valence electrons. The first-order valence-electron chi connectivity index (χ1n) is 8.20. The van der Waals surface area contributed by atoms with Crippen LogP contribution in [0.2, 0.25) is 5.02 Å². The van der Waals surface area contributed by atoms with Crippen molar-refractivity contribution in [1.82, 2.24) is 15.3 Å². The van der Waals surface area contributed by atoms with Crippen molar-refractivity contribution in [2.45, 2.75) is 19.9 Å². The summed E-state index contributed by atoms with van der Waals surface area (Å²) >= 11 is 6.18. The Kier molecular flexibility index (Phi) is 5.49. The van der Waals surface area contributed by atoms with E-state index in [0.29, 0.717) is 16.6 Å². The minimum absolute atomic E-state index is 0.0236.